The first kappa shape index (κ1) is 13.4. The van der Waals surface area contributed by atoms with E-state index in [1.165, 1.54) is 11.1 Å². The average molecular weight is 265 g/mol. The van der Waals surface area contributed by atoms with Gasteiger partial charge in [-0.1, -0.05) is 24.3 Å². The molecule has 1 aliphatic rings. The Morgan fingerprint density at radius 1 is 1.39 bits per heavy atom. The van der Waals surface area contributed by atoms with E-state index in [4.69, 9.17) is 0 Å². The largest absolute Gasteiger partial charge is 0.347 e. The van der Waals surface area contributed by atoms with Gasteiger partial charge in [0.05, 0.1) is 25.4 Å². The number of quaternary nitrogens is 1. The number of amides is 1. The maximum atomic E-state index is 12.2. The van der Waals surface area contributed by atoms with Crippen molar-refractivity contribution < 1.29 is 10.1 Å². The van der Waals surface area contributed by atoms with E-state index in [1.807, 2.05) is 24.9 Å². The van der Waals surface area contributed by atoms with Gasteiger partial charge >= 0.3 is 0 Å². The van der Waals surface area contributed by atoms with Gasteiger partial charge in [0.25, 0.3) is 0 Å². The van der Waals surface area contributed by atoms with Gasteiger partial charge in [0.1, 0.15) is 5.37 Å². The lowest BCUT2D eigenvalue weighted by Gasteiger charge is -2.24. The van der Waals surface area contributed by atoms with Gasteiger partial charge in [0.15, 0.2) is 0 Å². The van der Waals surface area contributed by atoms with Crippen LogP contribution in [0.5, 0.6) is 0 Å². The molecular weight excluding hydrogens is 244 g/mol. The molecule has 1 aromatic carbocycles. The number of thioether (sulfide) groups is 1. The van der Waals surface area contributed by atoms with Crippen molar-refractivity contribution >= 4 is 17.7 Å². The minimum atomic E-state index is 0.0754. The average Bonchev–Trinajstić information content (AvgIpc) is 2.64. The number of hydrogen-bond acceptors (Lipinski definition) is 2. The number of aryl methyl sites for hydroxylation is 1. The highest BCUT2D eigenvalue weighted by Crippen LogP contribution is 2.43. The number of nitrogens with two attached hydrogens (primary N) is 1. The Morgan fingerprint density at radius 3 is 2.78 bits per heavy atom. The van der Waals surface area contributed by atoms with Crippen LogP contribution < -0.4 is 5.32 Å². The zero-order valence-electron chi connectivity index (χ0n) is 11.2. The number of nitrogens with zero attached hydrogens (tertiary/aromatic N) is 1. The second-order valence-electron chi connectivity index (χ2n) is 4.72. The fourth-order valence-electron chi connectivity index (χ4n) is 2.27. The summed E-state index contributed by atoms with van der Waals surface area (Å²) < 4.78 is 0. The zero-order chi connectivity index (χ0) is 13.1. The SMILES string of the molecule is C[NH2+]CCN1C(=O)[C@@H](C)S[C@@H]1c1ccccc1C. The molecule has 4 heteroatoms. The van der Waals surface area contributed by atoms with Gasteiger partial charge in [0.2, 0.25) is 5.91 Å². The smallest absolute Gasteiger partial charge is 0.236 e. The minimum Gasteiger partial charge on any atom is -0.347 e. The highest BCUT2D eigenvalue weighted by Gasteiger charge is 2.38. The first-order valence-corrected chi connectivity index (χ1v) is 7.38. The Hall–Kier alpha value is -1.00. The molecule has 1 fully saturated rings. The van der Waals surface area contributed by atoms with Crippen LogP contribution in [0.2, 0.25) is 0 Å². The zero-order valence-corrected chi connectivity index (χ0v) is 12.0. The second kappa shape index (κ2) is 5.76. The van der Waals surface area contributed by atoms with Crippen molar-refractivity contribution in [3.05, 3.63) is 35.4 Å². The lowest BCUT2D eigenvalue weighted by Crippen LogP contribution is -2.81. The van der Waals surface area contributed by atoms with Crippen LogP contribution in [0.1, 0.15) is 23.4 Å². The van der Waals surface area contributed by atoms with Crippen LogP contribution in [0.4, 0.5) is 0 Å². The molecule has 1 aliphatic heterocycles. The van der Waals surface area contributed by atoms with Gasteiger partial charge in [-0.15, -0.1) is 11.8 Å². The van der Waals surface area contributed by atoms with Gasteiger partial charge < -0.3 is 10.2 Å². The number of likely N-dealkylation sites (N-methyl/N-ethyl adjacent to an activating group) is 1. The Labute approximate surface area is 113 Å². The quantitative estimate of drug-likeness (QED) is 0.887. The fraction of sp³-hybridized carbons (Fsp3) is 0.500. The first-order valence-electron chi connectivity index (χ1n) is 6.44. The van der Waals surface area contributed by atoms with Crippen LogP contribution in [0, 0.1) is 6.92 Å². The molecule has 1 aromatic rings. The third kappa shape index (κ3) is 2.54. The van der Waals surface area contributed by atoms with Gasteiger partial charge in [-0.05, 0) is 25.0 Å². The molecule has 3 nitrogen and oxygen atoms in total. The van der Waals surface area contributed by atoms with Crippen molar-refractivity contribution in [2.45, 2.75) is 24.5 Å². The van der Waals surface area contributed by atoms with Gasteiger partial charge in [-0.25, -0.2) is 0 Å². The summed E-state index contributed by atoms with van der Waals surface area (Å²) in [6.45, 7) is 5.91. The number of hydrogen-bond donors (Lipinski definition) is 1. The van der Waals surface area contributed by atoms with Crippen molar-refractivity contribution in [3.8, 4) is 0 Å². The molecular formula is C14H21N2OS+. The van der Waals surface area contributed by atoms with E-state index in [1.54, 1.807) is 11.8 Å². The van der Waals surface area contributed by atoms with Crippen molar-refractivity contribution in [1.82, 2.24) is 4.90 Å². The molecule has 2 N–H and O–H groups in total. The molecule has 0 bridgehead atoms. The maximum Gasteiger partial charge on any atom is 0.236 e. The summed E-state index contributed by atoms with van der Waals surface area (Å²) in [5, 5.41) is 2.38. The monoisotopic (exact) mass is 265 g/mol. The van der Waals surface area contributed by atoms with Gasteiger partial charge in [-0.2, -0.15) is 0 Å². The van der Waals surface area contributed by atoms with Crippen LogP contribution in [0.3, 0.4) is 0 Å². The lowest BCUT2D eigenvalue weighted by molar-refractivity contribution is -0.626. The predicted molar refractivity (Wildman–Crippen MR) is 75.4 cm³/mol. The summed E-state index contributed by atoms with van der Waals surface area (Å²) in [4.78, 5) is 14.2. The Bertz CT molecular complexity index is 436. The molecule has 0 aliphatic carbocycles. The Kier molecular flexibility index (Phi) is 4.30. The number of carbonyl (C=O) groups is 1. The molecule has 0 radical (unpaired) electrons. The van der Waals surface area contributed by atoms with Gasteiger partial charge in [0, 0.05) is 0 Å². The predicted octanol–water partition coefficient (Wildman–Crippen LogP) is 1.15. The topological polar surface area (TPSA) is 36.9 Å². The van der Waals surface area contributed by atoms with Crippen LogP contribution in [0.15, 0.2) is 24.3 Å². The molecule has 18 heavy (non-hydrogen) atoms. The van der Waals surface area contributed by atoms with Crippen molar-refractivity contribution in [1.29, 1.82) is 0 Å². The molecule has 98 valence electrons. The number of rotatable bonds is 4. The van der Waals surface area contributed by atoms with Crippen LogP contribution in [-0.4, -0.2) is 36.2 Å². The summed E-state index contributed by atoms with van der Waals surface area (Å²) in [5.41, 5.74) is 2.54. The standard InChI is InChI=1S/C14H20N2OS/c1-10-6-4-5-7-12(10)14-16(9-8-15-3)13(17)11(2)18-14/h4-7,11,14-15H,8-9H2,1-3H3/p+1/t11-,14-/m1/s1. The summed E-state index contributed by atoms with van der Waals surface area (Å²) in [5.74, 6) is 0.273. The lowest BCUT2D eigenvalue weighted by atomic mass is 10.1. The summed E-state index contributed by atoms with van der Waals surface area (Å²) in [7, 11) is 2.04. The molecule has 0 saturated carbocycles. The number of benzene rings is 1. The molecule has 0 aromatic heterocycles. The Balaban J connectivity index is 2.25. The third-order valence-corrected chi connectivity index (χ3v) is 4.74. The molecule has 1 amide bonds. The van der Waals surface area contributed by atoms with E-state index in [9.17, 15) is 4.79 Å². The summed E-state index contributed by atoms with van der Waals surface area (Å²) >= 11 is 1.76. The normalized spacial score (nSPS) is 23.7. The third-order valence-electron chi connectivity index (χ3n) is 3.36. The van der Waals surface area contributed by atoms with E-state index in [-0.39, 0.29) is 16.5 Å². The van der Waals surface area contributed by atoms with Crippen LogP contribution in [0.25, 0.3) is 0 Å². The molecule has 0 spiro atoms. The van der Waals surface area contributed by atoms with E-state index < -0.39 is 0 Å². The number of carbonyl (C=O) groups excluding carboxylic acids is 1. The molecule has 1 heterocycles. The second-order valence-corrected chi connectivity index (χ2v) is 6.14. The molecule has 0 unspecified atom stereocenters. The molecule has 1 saturated heterocycles. The highest BCUT2D eigenvalue weighted by molar-refractivity contribution is 8.01. The van der Waals surface area contributed by atoms with Crippen molar-refractivity contribution in [2.24, 2.45) is 0 Å². The first-order chi connectivity index (χ1) is 8.65. The highest BCUT2D eigenvalue weighted by atomic mass is 32.2. The Morgan fingerprint density at radius 2 is 2.11 bits per heavy atom. The van der Waals surface area contributed by atoms with Crippen molar-refractivity contribution in [2.75, 3.05) is 20.1 Å². The fourth-order valence-corrected chi connectivity index (χ4v) is 3.68. The van der Waals surface area contributed by atoms with E-state index in [0.717, 1.165) is 13.1 Å². The van der Waals surface area contributed by atoms with Crippen LogP contribution >= 0.6 is 11.8 Å². The molecule has 2 atom stereocenters. The van der Waals surface area contributed by atoms with E-state index >= 15 is 0 Å². The summed E-state index contributed by atoms with van der Waals surface area (Å²) in [6, 6.07) is 8.36. The molecule has 2 rings (SSSR count). The van der Waals surface area contributed by atoms with Crippen LogP contribution in [-0.2, 0) is 4.79 Å². The minimum absolute atomic E-state index is 0.0754. The summed E-state index contributed by atoms with van der Waals surface area (Å²) in [6.07, 6.45) is 0. The maximum absolute atomic E-state index is 12.2. The van der Waals surface area contributed by atoms with E-state index in [2.05, 4.69) is 30.4 Å². The van der Waals surface area contributed by atoms with Gasteiger partial charge in [-0.3, -0.25) is 4.79 Å². The van der Waals surface area contributed by atoms with Crippen molar-refractivity contribution in [3.63, 3.8) is 0 Å². The van der Waals surface area contributed by atoms with E-state index in [0.29, 0.717) is 0 Å².